The van der Waals surface area contributed by atoms with Gasteiger partial charge in [-0.05, 0) is 43.7 Å². The number of nitrogens with zero attached hydrogens (tertiary/aromatic N) is 1. The van der Waals surface area contributed by atoms with Crippen LogP contribution < -0.4 is 10.6 Å². The van der Waals surface area contributed by atoms with E-state index in [4.69, 9.17) is 34.8 Å². The van der Waals surface area contributed by atoms with Gasteiger partial charge in [0.25, 0.3) is 0 Å². The molecule has 2 amide bonds. The average Bonchev–Trinajstić information content (AvgIpc) is 2.65. The van der Waals surface area contributed by atoms with E-state index in [9.17, 15) is 9.59 Å². The predicted octanol–water partition coefficient (Wildman–Crippen LogP) is 4.94. The molecule has 2 N–H and O–H groups in total. The number of piperidine rings is 1. The number of carbonyl (C=O) groups is 2. The Bertz CT molecular complexity index is 838. The molecule has 0 spiro atoms. The molecule has 1 heterocycles. The largest absolute Gasteiger partial charge is 0.326 e. The van der Waals surface area contributed by atoms with E-state index >= 15 is 0 Å². The summed E-state index contributed by atoms with van der Waals surface area (Å²) in [6, 6.07) is 12.4. The highest BCUT2D eigenvalue weighted by molar-refractivity contribution is 6.42. The maximum absolute atomic E-state index is 12.5. The zero-order chi connectivity index (χ0) is 20.1. The van der Waals surface area contributed by atoms with Gasteiger partial charge in [0.05, 0.1) is 28.2 Å². The minimum absolute atomic E-state index is 0.0277. The van der Waals surface area contributed by atoms with Gasteiger partial charge in [0, 0.05) is 17.3 Å². The number of nitrogens with one attached hydrogen (secondary N) is 2. The molecule has 1 fully saturated rings. The smallest absolute Gasteiger partial charge is 0.238 e. The second-order valence-corrected chi connectivity index (χ2v) is 7.97. The zero-order valence-electron chi connectivity index (χ0n) is 15.1. The van der Waals surface area contributed by atoms with Crippen LogP contribution in [0.15, 0.2) is 42.5 Å². The van der Waals surface area contributed by atoms with Crippen molar-refractivity contribution in [1.82, 2.24) is 4.90 Å². The van der Waals surface area contributed by atoms with Crippen molar-refractivity contribution in [2.75, 3.05) is 30.3 Å². The van der Waals surface area contributed by atoms with Gasteiger partial charge in [-0.3, -0.25) is 14.5 Å². The lowest BCUT2D eigenvalue weighted by atomic mass is 9.97. The Hall–Kier alpha value is -1.79. The minimum atomic E-state index is -0.241. The Morgan fingerprint density at radius 3 is 2.39 bits per heavy atom. The van der Waals surface area contributed by atoms with Crippen molar-refractivity contribution in [1.29, 1.82) is 0 Å². The first-order chi connectivity index (χ1) is 13.4. The first kappa shape index (κ1) is 20.9. The highest BCUT2D eigenvalue weighted by atomic mass is 35.5. The first-order valence-corrected chi connectivity index (χ1v) is 10.1. The lowest BCUT2D eigenvalue weighted by molar-refractivity contribution is -0.123. The Morgan fingerprint density at radius 2 is 1.71 bits per heavy atom. The van der Waals surface area contributed by atoms with E-state index in [-0.39, 0.29) is 34.3 Å². The van der Waals surface area contributed by atoms with Gasteiger partial charge in [-0.2, -0.15) is 0 Å². The molecule has 2 aromatic carbocycles. The third kappa shape index (κ3) is 5.61. The van der Waals surface area contributed by atoms with E-state index in [1.807, 2.05) is 35.2 Å². The molecule has 0 bridgehead atoms. The fraction of sp³-hybridized carbons (Fsp3) is 0.300. The summed E-state index contributed by atoms with van der Waals surface area (Å²) >= 11 is 18.1. The molecule has 5 nitrogen and oxygen atoms in total. The molecule has 0 aromatic heterocycles. The summed E-state index contributed by atoms with van der Waals surface area (Å²) < 4.78 is 0. The lowest BCUT2D eigenvalue weighted by Gasteiger charge is -2.31. The topological polar surface area (TPSA) is 61.4 Å². The maximum atomic E-state index is 12.5. The van der Waals surface area contributed by atoms with Crippen LogP contribution in [0, 0.1) is 5.92 Å². The molecule has 0 aliphatic carbocycles. The van der Waals surface area contributed by atoms with Crippen LogP contribution >= 0.6 is 34.8 Å². The number of benzene rings is 2. The molecule has 0 saturated carbocycles. The van der Waals surface area contributed by atoms with Crippen LogP contribution in [0.25, 0.3) is 0 Å². The first-order valence-electron chi connectivity index (χ1n) is 8.95. The minimum Gasteiger partial charge on any atom is -0.326 e. The summed E-state index contributed by atoms with van der Waals surface area (Å²) in [5.41, 5.74) is 1.11. The van der Waals surface area contributed by atoms with E-state index in [1.165, 1.54) is 12.1 Å². The van der Waals surface area contributed by atoms with Crippen molar-refractivity contribution in [3.05, 3.63) is 57.5 Å². The third-order valence-electron chi connectivity index (χ3n) is 4.56. The Labute approximate surface area is 178 Å². The summed E-state index contributed by atoms with van der Waals surface area (Å²) in [6.45, 7) is 1.43. The van der Waals surface area contributed by atoms with Crippen LogP contribution in [0.2, 0.25) is 15.1 Å². The van der Waals surface area contributed by atoms with E-state index < -0.39 is 0 Å². The van der Waals surface area contributed by atoms with Crippen LogP contribution in [-0.4, -0.2) is 36.3 Å². The molecule has 3 rings (SSSR count). The van der Waals surface area contributed by atoms with E-state index in [0.717, 1.165) is 25.1 Å². The standard InChI is InChI=1S/C20H20Cl3N3O2/c21-14-9-16(22)19(17(23)10-14)25-18(27)12-26-8-4-5-13(11-26)20(28)24-15-6-2-1-3-7-15/h1-3,6-7,9-10,13H,4-5,8,11-12H2,(H,24,28)(H,25,27). The number of amides is 2. The molecule has 1 atom stereocenters. The van der Waals surface area contributed by atoms with E-state index in [1.54, 1.807) is 0 Å². The van der Waals surface area contributed by atoms with Crippen molar-refractivity contribution in [3.63, 3.8) is 0 Å². The number of para-hydroxylation sites is 1. The normalized spacial score (nSPS) is 17.2. The quantitative estimate of drug-likeness (QED) is 0.692. The fourth-order valence-electron chi connectivity index (χ4n) is 3.22. The summed E-state index contributed by atoms with van der Waals surface area (Å²) in [5.74, 6) is -0.431. The SMILES string of the molecule is O=C(CN1CCCC(C(=O)Nc2ccccc2)C1)Nc1c(Cl)cc(Cl)cc1Cl. The predicted molar refractivity (Wildman–Crippen MR) is 114 cm³/mol. The summed E-state index contributed by atoms with van der Waals surface area (Å²) in [5, 5.41) is 6.63. The molecule has 1 saturated heterocycles. The molecular formula is C20H20Cl3N3O2. The van der Waals surface area contributed by atoms with Crippen LogP contribution in [0.5, 0.6) is 0 Å². The summed E-state index contributed by atoms with van der Waals surface area (Å²) in [7, 11) is 0. The highest BCUT2D eigenvalue weighted by Crippen LogP contribution is 2.33. The Balaban J connectivity index is 1.56. The number of rotatable bonds is 5. The van der Waals surface area contributed by atoms with Crippen molar-refractivity contribution in [3.8, 4) is 0 Å². The van der Waals surface area contributed by atoms with Crippen LogP contribution in [0.3, 0.4) is 0 Å². The number of hydrogen-bond donors (Lipinski definition) is 2. The monoisotopic (exact) mass is 439 g/mol. The van der Waals surface area contributed by atoms with Gasteiger partial charge in [-0.25, -0.2) is 0 Å². The molecule has 28 heavy (non-hydrogen) atoms. The molecule has 148 valence electrons. The molecular weight excluding hydrogens is 421 g/mol. The maximum Gasteiger partial charge on any atom is 0.238 e. The highest BCUT2D eigenvalue weighted by Gasteiger charge is 2.27. The van der Waals surface area contributed by atoms with Crippen molar-refractivity contribution < 1.29 is 9.59 Å². The van der Waals surface area contributed by atoms with Gasteiger partial charge in [-0.15, -0.1) is 0 Å². The average molecular weight is 441 g/mol. The second kappa shape index (κ2) is 9.61. The van der Waals surface area contributed by atoms with Gasteiger partial charge >= 0.3 is 0 Å². The van der Waals surface area contributed by atoms with Gasteiger partial charge in [0.2, 0.25) is 11.8 Å². The zero-order valence-corrected chi connectivity index (χ0v) is 17.3. The third-order valence-corrected chi connectivity index (χ3v) is 5.37. The number of halogens is 3. The van der Waals surface area contributed by atoms with Crippen molar-refractivity contribution in [2.24, 2.45) is 5.92 Å². The summed E-state index contributed by atoms with van der Waals surface area (Å²) in [4.78, 5) is 26.9. The van der Waals surface area contributed by atoms with Gasteiger partial charge in [-0.1, -0.05) is 53.0 Å². The molecule has 8 heteroatoms. The second-order valence-electron chi connectivity index (χ2n) is 6.72. The molecule has 1 aliphatic heterocycles. The number of anilines is 2. The molecule has 0 radical (unpaired) electrons. The van der Waals surface area contributed by atoms with Gasteiger partial charge in [0.1, 0.15) is 0 Å². The number of hydrogen-bond acceptors (Lipinski definition) is 3. The number of carbonyl (C=O) groups excluding carboxylic acids is 2. The van der Waals surface area contributed by atoms with Crippen LogP contribution in [0.4, 0.5) is 11.4 Å². The fourth-order valence-corrected chi connectivity index (χ4v) is 4.13. The Morgan fingerprint density at radius 1 is 1.04 bits per heavy atom. The van der Waals surface area contributed by atoms with Crippen molar-refractivity contribution in [2.45, 2.75) is 12.8 Å². The van der Waals surface area contributed by atoms with Gasteiger partial charge < -0.3 is 10.6 Å². The van der Waals surface area contributed by atoms with Crippen molar-refractivity contribution >= 4 is 58.0 Å². The van der Waals surface area contributed by atoms with Crippen LogP contribution in [0.1, 0.15) is 12.8 Å². The van der Waals surface area contributed by atoms with E-state index in [2.05, 4.69) is 10.6 Å². The number of likely N-dealkylation sites (tertiary alicyclic amines) is 1. The molecule has 2 aromatic rings. The van der Waals surface area contributed by atoms with Crippen LogP contribution in [-0.2, 0) is 9.59 Å². The van der Waals surface area contributed by atoms with Gasteiger partial charge in [0.15, 0.2) is 0 Å². The summed E-state index contributed by atoms with van der Waals surface area (Å²) in [6.07, 6.45) is 1.65. The lowest BCUT2D eigenvalue weighted by Crippen LogP contribution is -2.44. The molecule has 1 unspecified atom stereocenters. The van der Waals surface area contributed by atoms with E-state index in [0.29, 0.717) is 17.3 Å². The Kier molecular flexibility index (Phi) is 7.18. The molecule has 1 aliphatic rings.